The Morgan fingerprint density at radius 2 is 1.86 bits per heavy atom. The van der Waals surface area contributed by atoms with Crippen LogP contribution in [0.4, 0.5) is 0 Å². The lowest BCUT2D eigenvalue weighted by Gasteiger charge is -2.08. The first-order valence-corrected chi connectivity index (χ1v) is 6.26. The average Bonchev–Trinajstić information content (AvgIpc) is 2.15. The molecule has 0 nitrogen and oxygen atoms in total. The standard InChI is InChI=1S/C14H24/c1-2-3-4-8-11-14-12-9-6-5-7-10-13-14/h5-6,13H,2-4,7-12H2,1H3/b6-5-,14-13+. The molecule has 1 aliphatic carbocycles. The van der Waals surface area contributed by atoms with Crippen LogP contribution in [0.5, 0.6) is 0 Å². The molecule has 0 heteroatoms. The van der Waals surface area contributed by atoms with E-state index < -0.39 is 0 Å². The fourth-order valence-electron chi connectivity index (χ4n) is 2.00. The molecule has 0 bridgehead atoms. The van der Waals surface area contributed by atoms with E-state index in [1.165, 1.54) is 57.8 Å². The van der Waals surface area contributed by atoms with E-state index in [9.17, 15) is 0 Å². The van der Waals surface area contributed by atoms with Gasteiger partial charge in [-0.1, -0.05) is 50.0 Å². The van der Waals surface area contributed by atoms with Gasteiger partial charge in [-0.2, -0.15) is 0 Å². The van der Waals surface area contributed by atoms with Gasteiger partial charge in [0, 0.05) is 0 Å². The first kappa shape index (κ1) is 11.6. The van der Waals surface area contributed by atoms with E-state index >= 15 is 0 Å². The number of allylic oxidation sites excluding steroid dienone is 4. The van der Waals surface area contributed by atoms with Crippen LogP contribution in [0.25, 0.3) is 0 Å². The van der Waals surface area contributed by atoms with Crippen molar-refractivity contribution in [3.8, 4) is 0 Å². The van der Waals surface area contributed by atoms with Crippen LogP contribution in [0.15, 0.2) is 23.8 Å². The van der Waals surface area contributed by atoms with Gasteiger partial charge in [0.15, 0.2) is 0 Å². The molecule has 0 aromatic heterocycles. The molecule has 0 aromatic rings. The molecule has 0 N–H and O–H groups in total. The quantitative estimate of drug-likeness (QED) is 0.424. The molecule has 0 saturated carbocycles. The van der Waals surface area contributed by atoms with Crippen LogP contribution in [-0.4, -0.2) is 0 Å². The molecule has 0 atom stereocenters. The van der Waals surface area contributed by atoms with Gasteiger partial charge in [0.2, 0.25) is 0 Å². The predicted molar refractivity (Wildman–Crippen MR) is 64.5 cm³/mol. The van der Waals surface area contributed by atoms with Gasteiger partial charge in [-0.3, -0.25) is 0 Å². The van der Waals surface area contributed by atoms with E-state index in [1.807, 2.05) is 0 Å². The van der Waals surface area contributed by atoms with Crippen LogP contribution in [0.1, 0.15) is 64.7 Å². The Kier molecular flexibility index (Phi) is 6.47. The van der Waals surface area contributed by atoms with Gasteiger partial charge in [-0.15, -0.1) is 0 Å². The summed E-state index contributed by atoms with van der Waals surface area (Å²) >= 11 is 0. The lowest BCUT2D eigenvalue weighted by atomic mass is 9.99. The van der Waals surface area contributed by atoms with Crippen molar-refractivity contribution in [1.29, 1.82) is 0 Å². The molecule has 0 unspecified atom stereocenters. The third kappa shape index (κ3) is 5.26. The summed E-state index contributed by atoms with van der Waals surface area (Å²) in [5.74, 6) is 0. The van der Waals surface area contributed by atoms with Crippen LogP contribution in [-0.2, 0) is 0 Å². The minimum Gasteiger partial charge on any atom is -0.0882 e. The third-order valence-electron chi connectivity index (χ3n) is 2.92. The molecule has 80 valence electrons. The maximum atomic E-state index is 2.48. The smallest absolute Gasteiger partial charge is 0.0286 e. The first-order valence-electron chi connectivity index (χ1n) is 6.26. The second-order valence-corrected chi connectivity index (χ2v) is 4.26. The molecule has 0 aromatic carbocycles. The van der Waals surface area contributed by atoms with Crippen molar-refractivity contribution in [2.75, 3.05) is 0 Å². The maximum absolute atomic E-state index is 2.48. The van der Waals surface area contributed by atoms with E-state index in [4.69, 9.17) is 0 Å². The molecular weight excluding hydrogens is 168 g/mol. The van der Waals surface area contributed by atoms with Crippen molar-refractivity contribution in [2.45, 2.75) is 64.7 Å². The molecule has 0 radical (unpaired) electrons. The van der Waals surface area contributed by atoms with E-state index in [1.54, 1.807) is 5.57 Å². The maximum Gasteiger partial charge on any atom is -0.0286 e. The fraction of sp³-hybridized carbons (Fsp3) is 0.714. The van der Waals surface area contributed by atoms with Gasteiger partial charge in [-0.25, -0.2) is 0 Å². The lowest BCUT2D eigenvalue weighted by molar-refractivity contribution is 0.652. The molecule has 1 rings (SSSR count). The third-order valence-corrected chi connectivity index (χ3v) is 2.92. The molecule has 0 amide bonds. The van der Waals surface area contributed by atoms with Gasteiger partial charge < -0.3 is 0 Å². The minimum atomic E-state index is 1.25. The second kappa shape index (κ2) is 7.84. The van der Waals surface area contributed by atoms with Crippen molar-refractivity contribution < 1.29 is 0 Å². The summed E-state index contributed by atoms with van der Waals surface area (Å²) in [5, 5.41) is 0. The Morgan fingerprint density at radius 3 is 2.71 bits per heavy atom. The molecule has 0 aliphatic heterocycles. The van der Waals surface area contributed by atoms with Crippen LogP contribution in [0.2, 0.25) is 0 Å². The summed E-state index contributed by atoms with van der Waals surface area (Å²) in [6.07, 6.45) is 19.2. The van der Waals surface area contributed by atoms with Gasteiger partial charge >= 0.3 is 0 Å². The Balaban J connectivity index is 2.15. The van der Waals surface area contributed by atoms with Gasteiger partial charge in [-0.05, 0) is 38.5 Å². The topological polar surface area (TPSA) is 0 Å². The summed E-state index contributed by atoms with van der Waals surface area (Å²) in [7, 11) is 0. The van der Waals surface area contributed by atoms with Crippen LogP contribution in [0, 0.1) is 0 Å². The average molecular weight is 192 g/mol. The molecule has 1 aliphatic rings. The highest BCUT2D eigenvalue weighted by atomic mass is 14.0. The molecule has 0 spiro atoms. The van der Waals surface area contributed by atoms with Crippen molar-refractivity contribution in [2.24, 2.45) is 0 Å². The Bertz CT molecular complexity index is 186. The molecule has 0 saturated heterocycles. The zero-order valence-corrected chi connectivity index (χ0v) is 9.60. The van der Waals surface area contributed by atoms with Crippen LogP contribution in [0.3, 0.4) is 0 Å². The lowest BCUT2D eigenvalue weighted by Crippen LogP contribution is -1.88. The molecule has 0 heterocycles. The molecular formula is C14H24. The Morgan fingerprint density at radius 1 is 1.00 bits per heavy atom. The Hall–Kier alpha value is -0.520. The van der Waals surface area contributed by atoms with Crippen molar-refractivity contribution in [3.63, 3.8) is 0 Å². The SMILES string of the molecule is CCCCCC/C1=C\CC/C=C\CC1. The van der Waals surface area contributed by atoms with Crippen molar-refractivity contribution in [3.05, 3.63) is 23.8 Å². The van der Waals surface area contributed by atoms with Gasteiger partial charge in [0.05, 0.1) is 0 Å². The zero-order chi connectivity index (χ0) is 10.1. The highest BCUT2D eigenvalue weighted by Gasteiger charge is 1.98. The molecule has 14 heavy (non-hydrogen) atoms. The Labute approximate surface area is 89.1 Å². The van der Waals surface area contributed by atoms with E-state index in [0.717, 1.165) is 0 Å². The number of hydrogen-bond donors (Lipinski definition) is 0. The summed E-state index contributed by atoms with van der Waals surface area (Å²) in [5.41, 5.74) is 1.71. The predicted octanol–water partition coefficient (Wildman–Crippen LogP) is 5.01. The number of hydrogen-bond acceptors (Lipinski definition) is 0. The van der Waals surface area contributed by atoms with Gasteiger partial charge in [0.25, 0.3) is 0 Å². The van der Waals surface area contributed by atoms with Crippen LogP contribution < -0.4 is 0 Å². The number of rotatable bonds is 5. The highest BCUT2D eigenvalue weighted by Crippen LogP contribution is 2.18. The summed E-state index contributed by atoms with van der Waals surface area (Å²) in [4.78, 5) is 0. The minimum absolute atomic E-state index is 1.25. The fourth-order valence-corrected chi connectivity index (χ4v) is 2.00. The van der Waals surface area contributed by atoms with Crippen molar-refractivity contribution in [1.82, 2.24) is 0 Å². The van der Waals surface area contributed by atoms with Crippen molar-refractivity contribution >= 4 is 0 Å². The highest BCUT2D eigenvalue weighted by molar-refractivity contribution is 5.06. The van der Waals surface area contributed by atoms with Crippen LogP contribution >= 0.6 is 0 Å². The van der Waals surface area contributed by atoms with E-state index in [2.05, 4.69) is 25.2 Å². The normalized spacial score (nSPS) is 23.4. The first-order chi connectivity index (χ1) is 6.93. The zero-order valence-electron chi connectivity index (χ0n) is 9.60. The van der Waals surface area contributed by atoms with E-state index in [0.29, 0.717) is 0 Å². The molecule has 0 fully saturated rings. The number of unbranched alkanes of at least 4 members (excludes halogenated alkanes) is 3. The van der Waals surface area contributed by atoms with Gasteiger partial charge in [0.1, 0.15) is 0 Å². The summed E-state index contributed by atoms with van der Waals surface area (Å²) in [6, 6.07) is 0. The summed E-state index contributed by atoms with van der Waals surface area (Å²) < 4.78 is 0. The largest absolute Gasteiger partial charge is 0.0882 e. The van der Waals surface area contributed by atoms with E-state index in [-0.39, 0.29) is 0 Å². The second-order valence-electron chi connectivity index (χ2n) is 4.26. The monoisotopic (exact) mass is 192 g/mol. The summed E-state index contributed by atoms with van der Waals surface area (Å²) in [6.45, 7) is 2.28.